The van der Waals surface area contributed by atoms with Gasteiger partial charge >= 0.3 is 0 Å². The van der Waals surface area contributed by atoms with Crippen LogP contribution in [0.15, 0.2) is 30.4 Å². The summed E-state index contributed by atoms with van der Waals surface area (Å²) in [4.78, 5) is 22.0. The molecule has 0 radical (unpaired) electrons. The van der Waals surface area contributed by atoms with E-state index in [4.69, 9.17) is 0 Å². The number of fused-ring (bicyclic) bond motifs is 1. The van der Waals surface area contributed by atoms with Gasteiger partial charge in [0.05, 0.1) is 0 Å². The highest BCUT2D eigenvalue weighted by atomic mass is 16.2. The van der Waals surface area contributed by atoms with Crippen molar-refractivity contribution in [3.8, 4) is 0 Å². The average molecular weight is 212 g/mol. The predicted molar refractivity (Wildman–Crippen MR) is 64.1 cm³/mol. The van der Waals surface area contributed by atoms with E-state index in [-0.39, 0.29) is 0 Å². The number of allylic oxidation sites excluding steroid dienone is 2. The van der Waals surface area contributed by atoms with Crippen LogP contribution in [0.25, 0.3) is 12.2 Å². The Morgan fingerprint density at radius 3 is 2.75 bits per heavy atom. The molecule has 1 unspecified atom stereocenters. The van der Waals surface area contributed by atoms with Crippen LogP contribution in [-0.4, -0.2) is 12.1 Å². The van der Waals surface area contributed by atoms with Gasteiger partial charge in [0.2, 0.25) is 5.78 Å². The second-order valence-corrected chi connectivity index (χ2v) is 3.87. The minimum Gasteiger partial charge on any atom is -0.294 e. The Bertz CT molecular complexity index is 495. The van der Waals surface area contributed by atoms with Crippen molar-refractivity contribution < 1.29 is 9.59 Å². The van der Waals surface area contributed by atoms with Gasteiger partial charge in [-0.15, -0.1) is 0 Å². The van der Waals surface area contributed by atoms with E-state index in [1.807, 2.05) is 24.3 Å². The Balaban J connectivity index is 2.61. The van der Waals surface area contributed by atoms with Crippen LogP contribution in [0, 0.1) is 5.92 Å². The standard InChI is InChI=1S/C14H12O2/c1-10-5-7-11-3-2-4-13(14(16)9-15)12(11)8-6-10/h2-10H,1H3. The molecule has 2 heteroatoms. The van der Waals surface area contributed by atoms with E-state index >= 15 is 0 Å². The zero-order chi connectivity index (χ0) is 11.5. The predicted octanol–water partition coefficient (Wildman–Crippen LogP) is 2.74. The summed E-state index contributed by atoms with van der Waals surface area (Å²) in [5, 5.41) is 0. The summed E-state index contributed by atoms with van der Waals surface area (Å²) in [5.74, 6) is -0.129. The zero-order valence-corrected chi connectivity index (χ0v) is 9.01. The van der Waals surface area contributed by atoms with Crippen LogP contribution in [0.1, 0.15) is 28.4 Å². The molecule has 1 aromatic carbocycles. The van der Waals surface area contributed by atoms with E-state index in [2.05, 4.69) is 13.0 Å². The maximum absolute atomic E-state index is 11.5. The second-order valence-electron chi connectivity index (χ2n) is 3.87. The summed E-state index contributed by atoms with van der Waals surface area (Å²) in [6.45, 7) is 2.07. The van der Waals surface area contributed by atoms with E-state index in [1.165, 1.54) is 0 Å². The minimum absolute atomic E-state index is 0.339. The number of aldehydes is 1. The lowest BCUT2D eigenvalue weighted by Crippen LogP contribution is -2.03. The highest BCUT2D eigenvalue weighted by Gasteiger charge is 2.12. The molecule has 0 aliphatic heterocycles. The molecule has 0 bridgehead atoms. The molecule has 2 rings (SSSR count). The van der Waals surface area contributed by atoms with E-state index in [9.17, 15) is 9.59 Å². The van der Waals surface area contributed by atoms with E-state index in [0.29, 0.717) is 17.8 Å². The van der Waals surface area contributed by atoms with Crippen LogP contribution in [-0.2, 0) is 4.79 Å². The summed E-state index contributed by atoms with van der Waals surface area (Å²) in [6.07, 6.45) is 8.35. The molecule has 0 heterocycles. The van der Waals surface area contributed by atoms with Gasteiger partial charge in [-0.05, 0) is 17.0 Å². The average Bonchev–Trinajstić information content (AvgIpc) is 2.50. The number of carbonyl (C=O) groups is 2. The Labute approximate surface area is 94.3 Å². The number of hydrogen-bond acceptors (Lipinski definition) is 2. The van der Waals surface area contributed by atoms with Crippen LogP contribution in [0.3, 0.4) is 0 Å². The number of ketones is 1. The fourth-order valence-corrected chi connectivity index (χ4v) is 1.76. The Kier molecular flexibility index (Phi) is 2.82. The first-order valence-electron chi connectivity index (χ1n) is 5.21. The Morgan fingerprint density at radius 2 is 2.00 bits per heavy atom. The molecular formula is C14H12O2. The topological polar surface area (TPSA) is 34.1 Å². The van der Waals surface area contributed by atoms with Gasteiger partial charge in [-0.25, -0.2) is 0 Å². The minimum atomic E-state index is -0.468. The van der Waals surface area contributed by atoms with Crippen LogP contribution < -0.4 is 0 Å². The molecule has 1 aliphatic rings. The van der Waals surface area contributed by atoms with Crippen LogP contribution in [0.2, 0.25) is 0 Å². The van der Waals surface area contributed by atoms with E-state index in [0.717, 1.165) is 11.1 Å². The summed E-state index contributed by atoms with van der Waals surface area (Å²) in [7, 11) is 0. The molecule has 80 valence electrons. The molecule has 16 heavy (non-hydrogen) atoms. The number of rotatable bonds is 2. The second kappa shape index (κ2) is 4.27. The van der Waals surface area contributed by atoms with E-state index < -0.39 is 5.78 Å². The normalized spacial score (nSPS) is 17.7. The first kappa shape index (κ1) is 10.6. The van der Waals surface area contributed by atoms with Crippen molar-refractivity contribution in [2.45, 2.75) is 6.92 Å². The molecule has 1 aromatic rings. The lowest BCUT2D eigenvalue weighted by Gasteiger charge is -2.04. The summed E-state index contributed by atoms with van der Waals surface area (Å²) >= 11 is 0. The van der Waals surface area contributed by atoms with Crippen LogP contribution in [0.4, 0.5) is 0 Å². The van der Waals surface area contributed by atoms with Crippen molar-refractivity contribution in [3.63, 3.8) is 0 Å². The Morgan fingerprint density at radius 1 is 1.25 bits per heavy atom. The molecule has 0 spiro atoms. The molecule has 0 fully saturated rings. The number of Topliss-reactive ketones (excluding diaryl/α,β-unsaturated/α-hetero) is 1. The third-order valence-electron chi connectivity index (χ3n) is 2.66. The van der Waals surface area contributed by atoms with Crippen molar-refractivity contribution in [1.29, 1.82) is 0 Å². The molecule has 0 amide bonds. The van der Waals surface area contributed by atoms with Gasteiger partial charge in [-0.3, -0.25) is 9.59 Å². The van der Waals surface area contributed by atoms with Gasteiger partial charge in [0.1, 0.15) is 0 Å². The fourth-order valence-electron chi connectivity index (χ4n) is 1.76. The molecule has 0 N–H and O–H groups in total. The lowest BCUT2D eigenvalue weighted by molar-refractivity contribution is -0.104. The van der Waals surface area contributed by atoms with Crippen molar-refractivity contribution in [2.75, 3.05) is 0 Å². The van der Waals surface area contributed by atoms with E-state index in [1.54, 1.807) is 12.1 Å². The molecule has 0 aromatic heterocycles. The Hall–Kier alpha value is -1.96. The molecule has 2 nitrogen and oxygen atoms in total. The first-order chi connectivity index (χ1) is 7.72. The maximum Gasteiger partial charge on any atom is 0.225 e. The summed E-state index contributed by atoms with van der Waals surface area (Å²) < 4.78 is 0. The monoisotopic (exact) mass is 212 g/mol. The van der Waals surface area contributed by atoms with Gasteiger partial charge in [0, 0.05) is 5.56 Å². The summed E-state index contributed by atoms with van der Waals surface area (Å²) in [6, 6.07) is 5.42. The fraction of sp³-hybridized carbons (Fsp3) is 0.143. The quantitative estimate of drug-likeness (QED) is 0.429. The number of carbonyl (C=O) groups excluding carboxylic acids is 2. The maximum atomic E-state index is 11.5. The van der Waals surface area contributed by atoms with Crippen molar-refractivity contribution >= 4 is 24.2 Å². The van der Waals surface area contributed by atoms with Crippen LogP contribution >= 0.6 is 0 Å². The highest BCUT2D eigenvalue weighted by Crippen LogP contribution is 2.23. The van der Waals surface area contributed by atoms with Gasteiger partial charge < -0.3 is 0 Å². The molecule has 1 aliphatic carbocycles. The van der Waals surface area contributed by atoms with Crippen LogP contribution in [0.5, 0.6) is 0 Å². The van der Waals surface area contributed by atoms with Gasteiger partial charge in [-0.1, -0.05) is 49.4 Å². The third-order valence-corrected chi connectivity index (χ3v) is 2.66. The number of hydrogen-bond donors (Lipinski definition) is 0. The lowest BCUT2D eigenvalue weighted by atomic mass is 9.98. The zero-order valence-electron chi connectivity index (χ0n) is 9.01. The first-order valence-corrected chi connectivity index (χ1v) is 5.21. The van der Waals surface area contributed by atoms with Gasteiger partial charge in [-0.2, -0.15) is 0 Å². The SMILES string of the molecule is CC1C=Cc2cccc(C(=O)C=O)c2C=C1. The molecule has 0 saturated heterocycles. The van der Waals surface area contributed by atoms with Crippen molar-refractivity contribution in [2.24, 2.45) is 5.92 Å². The van der Waals surface area contributed by atoms with Crippen molar-refractivity contribution in [1.82, 2.24) is 0 Å². The highest BCUT2D eigenvalue weighted by molar-refractivity contribution is 6.34. The summed E-state index contributed by atoms with van der Waals surface area (Å²) in [5.41, 5.74) is 2.29. The molecular weight excluding hydrogens is 200 g/mol. The van der Waals surface area contributed by atoms with Gasteiger partial charge in [0.15, 0.2) is 6.29 Å². The molecule has 1 atom stereocenters. The van der Waals surface area contributed by atoms with Crippen molar-refractivity contribution in [3.05, 3.63) is 47.0 Å². The third kappa shape index (κ3) is 1.87. The molecule has 0 saturated carbocycles. The smallest absolute Gasteiger partial charge is 0.225 e. The van der Waals surface area contributed by atoms with Gasteiger partial charge in [0.25, 0.3) is 0 Å². The number of benzene rings is 1. The largest absolute Gasteiger partial charge is 0.294 e.